The molecule has 146 valence electrons. The molecule has 4 heterocycles. The highest BCUT2D eigenvalue weighted by Crippen LogP contribution is 2.31. The number of aromatic amines is 2. The van der Waals surface area contributed by atoms with Crippen molar-refractivity contribution in [3.63, 3.8) is 0 Å². The zero-order valence-electron chi connectivity index (χ0n) is 15.4. The lowest BCUT2D eigenvalue weighted by molar-refractivity contribution is 0.629. The molecule has 0 saturated heterocycles. The van der Waals surface area contributed by atoms with E-state index in [1.54, 1.807) is 18.5 Å². The summed E-state index contributed by atoms with van der Waals surface area (Å²) in [5, 5.41) is 8.23. The summed E-state index contributed by atoms with van der Waals surface area (Å²) in [4.78, 5) is 20.1. The van der Waals surface area contributed by atoms with Gasteiger partial charge in [0.05, 0.1) is 11.2 Å². The first-order valence-electron chi connectivity index (χ1n) is 9.26. The lowest BCUT2D eigenvalue weighted by atomic mass is 10.2. The summed E-state index contributed by atoms with van der Waals surface area (Å²) in [7, 11) is 0. The SMILES string of the molecule is NCCCn1cc(-n2c(-c3c[nH]c4ncccc34)n[nH]c2=O)c2cc(F)ccc21. The number of nitrogens with two attached hydrogens (primary N) is 1. The van der Waals surface area contributed by atoms with Gasteiger partial charge in [0.25, 0.3) is 0 Å². The minimum absolute atomic E-state index is 0.371. The predicted molar refractivity (Wildman–Crippen MR) is 108 cm³/mol. The summed E-state index contributed by atoms with van der Waals surface area (Å²) in [6, 6.07) is 8.29. The van der Waals surface area contributed by atoms with E-state index < -0.39 is 5.69 Å². The van der Waals surface area contributed by atoms with Gasteiger partial charge >= 0.3 is 5.69 Å². The number of fused-ring (bicyclic) bond motifs is 2. The highest BCUT2D eigenvalue weighted by Gasteiger charge is 2.20. The lowest BCUT2D eigenvalue weighted by Gasteiger charge is -2.04. The molecule has 0 atom stereocenters. The summed E-state index contributed by atoms with van der Waals surface area (Å²) in [5.74, 6) is 0.0566. The molecule has 1 aromatic carbocycles. The van der Waals surface area contributed by atoms with E-state index in [4.69, 9.17) is 5.73 Å². The molecule has 0 fully saturated rings. The fourth-order valence-electron chi connectivity index (χ4n) is 3.72. The van der Waals surface area contributed by atoms with Gasteiger partial charge in [-0.3, -0.25) is 0 Å². The molecule has 0 bridgehead atoms. The van der Waals surface area contributed by atoms with Crippen molar-refractivity contribution in [3.8, 4) is 17.1 Å². The third-order valence-corrected chi connectivity index (χ3v) is 5.03. The number of aromatic nitrogens is 6. The summed E-state index contributed by atoms with van der Waals surface area (Å²) < 4.78 is 17.5. The molecule has 8 nitrogen and oxygen atoms in total. The molecule has 0 unspecified atom stereocenters. The van der Waals surface area contributed by atoms with E-state index in [0.29, 0.717) is 35.6 Å². The zero-order valence-corrected chi connectivity index (χ0v) is 15.4. The van der Waals surface area contributed by atoms with E-state index in [0.717, 1.165) is 22.9 Å². The minimum Gasteiger partial charge on any atom is -0.345 e. The molecule has 5 aromatic rings. The van der Waals surface area contributed by atoms with Gasteiger partial charge in [0, 0.05) is 41.5 Å². The number of pyridine rings is 1. The molecule has 29 heavy (non-hydrogen) atoms. The number of halogens is 1. The average Bonchev–Trinajstić information content (AvgIpc) is 3.41. The number of benzene rings is 1. The first-order valence-corrected chi connectivity index (χ1v) is 9.26. The van der Waals surface area contributed by atoms with Gasteiger partial charge < -0.3 is 15.3 Å². The van der Waals surface area contributed by atoms with Crippen molar-refractivity contribution in [2.24, 2.45) is 5.73 Å². The topological polar surface area (TPSA) is 110 Å². The molecule has 9 heteroatoms. The van der Waals surface area contributed by atoms with Gasteiger partial charge in [0.15, 0.2) is 5.82 Å². The van der Waals surface area contributed by atoms with Gasteiger partial charge in [-0.05, 0) is 43.3 Å². The number of rotatable bonds is 5. The number of nitrogens with one attached hydrogen (secondary N) is 2. The maximum Gasteiger partial charge on any atom is 0.348 e. The Morgan fingerprint density at radius 2 is 2.10 bits per heavy atom. The van der Waals surface area contributed by atoms with Crippen molar-refractivity contribution in [2.75, 3.05) is 6.54 Å². The van der Waals surface area contributed by atoms with Crippen LogP contribution in [0.4, 0.5) is 4.39 Å². The summed E-state index contributed by atoms with van der Waals surface area (Å²) in [6.07, 6.45) is 6.06. The van der Waals surface area contributed by atoms with Crippen molar-refractivity contribution in [1.82, 2.24) is 29.3 Å². The van der Waals surface area contributed by atoms with Crippen molar-refractivity contribution in [1.29, 1.82) is 0 Å². The maximum absolute atomic E-state index is 14.0. The molecule has 0 radical (unpaired) electrons. The van der Waals surface area contributed by atoms with Gasteiger partial charge in [0.1, 0.15) is 11.5 Å². The average molecular weight is 391 g/mol. The van der Waals surface area contributed by atoms with Gasteiger partial charge in [-0.25, -0.2) is 23.8 Å². The molecule has 0 spiro atoms. The Bertz CT molecular complexity index is 1390. The standard InChI is InChI=1S/C20H18FN7O/c21-12-4-5-16-14(9-12)17(11-27(16)8-2-6-22)28-19(25-26-20(28)29)15-10-24-18-13(15)3-1-7-23-18/h1,3-5,7,9-11H,2,6,8,22H2,(H,23,24)(H,26,29). The second kappa shape index (κ2) is 6.71. The van der Waals surface area contributed by atoms with E-state index in [2.05, 4.69) is 20.2 Å². The van der Waals surface area contributed by atoms with Crippen molar-refractivity contribution in [2.45, 2.75) is 13.0 Å². The fraction of sp³-hybridized carbons (Fsp3) is 0.150. The third kappa shape index (κ3) is 2.74. The molecule has 0 saturated carbocycles. The first-order chi connectivity index (χ1) is 14.2. The molecule has 4 aromatic heterocycles. The monoisotopic (exact) mass is 391 g/mol. The van der Waals surface area contributed by atoms with Crippen molar-refractivity contribution >= 4 is 21.9 Å². The van der Waals surface area contributed by atoms with Crippen LogP contribution in [0.3, 0.4) is 0 Å². The normalized spacial score (nSPS) is 11.7. The predicted octanol–water partition coefficient (Wildman–Crippen LogP) is 2.55. The van der Waals surface area contributed by atoms with Crippen LogP contribution in [0, 0.1) is 5.82 Å². The van der Waals surface area contributed by atoms with Gasteiger partial charge in [0.2, 0.25) is 0 Å². The Balaban J connectivity index is 1.77. The van der Waals surface area contributed by atoms with E-state index in [-0.39, 0.29) is 5.82 Å². The summed E-state index contributed by atoms with van der Waals surface area (Å²) >= 11 is 0. The lowest BCUT2D eigenvalue weighted by Crippen LogP contribution is -2.15. The van der Waals surface area contributed by atoms with Crippen LogP contribution >= 0.6 is 0 Å². The number of H-pyrrole nitrogens is 2. The Morgan fingerprint density at radius 3 is 2.97 bits per heavy atom. The molecule has 0 amide bonds. The minimum atomic E-state index is -0.402. The fourth-order valence-corrected chi connectivity index (χ4v) is 3.72. The Kier molecular flexibility index (Phi) is 4.02. The Hall–Kier alpha value is -3.72. The van der Waals surface area contributed by atoms with Crippen LogP contribution in [-0.2, 0) is 6.54 Å². The number of aryl methyl sites for hydroxylation is 1. The smallest absolute Gasteiger partial charge is 0.345 e. The second-order valence-electron chi connectivity index (χ2n) is 6.80. The van der Waals surface area contributed by atoms with Crippen LogP contribution in [0.5, 0.6) is 0 Å². The summed E-state index contributed by atoms with van der Waals surface area (Å²) in [6.45, 7) is 1.20. The van der Waals surface area contributed by atoms with Gasteiger partial charge in [-0.15, -0.1) is 0 Å². The van der Waals surface area contributed by atoms with Gasteiger partial charge in [-0.2, -0.15) is 5.10 Å². The number of hydrogen-bond donors (Lipinski definition) is 3. The van der Waals surface area contributed by atoms with Crippen LogP contribution in [0.15, 0.2) is 53.7 Å². The van der Waals surface area contributed by atoms with Crippen LogP contribution in [0.1, 0.15) is 6.42 Å². The van der Waals surface area contributed by atoms with Gasteiger partial charge in [-0.1, -0.05) is 0 Å². The molecular formula is C20H18FN7O. The van der Waals surface area contributed by atoms with Crippen LogP contribution in [0.2, 0.25) is 0 Å². The van der Waals surface area contributed by atoms with E-state index >= 15 is 0 Å². The molecule has 0 aliphatic rings. The van der Waals surface area contributed by atoms with Crippen molar-refractivity contribution in [3.05, 3.63) is 65.2 Å². The molecular weight excluding hydrogens is 373 g/mol. The van der Waals surface area contributed by atoms with Crippen molar-refractivity contribution < 1.29 is 4.39 Å². The van der Waals surface area contributed by atoms with E-state index in [1.807, 2.05) is 22.9 Å². The highest BCUT2D eigenvalue weighted by molar-refractivity contribution is 5.94. The van der Waals surface area contributed by atoms with Crippen LogP contribution < -0.4 is 11.4 Å². The molecule has 5 rings (SSSR count). The number of hydrogen-bond acceptors (Lipinski definition) is 4. The molecule has 0 aliphatic heterocycles. The Labute approximate surface area is 163 Å². The first kappa shape index (κ1) is 17.4. The number of nitrogens with zero attached hydrogens (tertiary/aromatic N) is 4. The highest BCUT2D eigenvalue weighted by atomic mass is 19.1. The second-order valence-corrected chi connectivity index (χ2v) is 6.80. The summed E-state index contributed by atoms with van der Waals surface area (Å²) in [5.41, 5.74) is 8.07. The van der Waals surface area contributed by atoms with E-state index in [1.165, 1.54) is 16.7 Å². The zero-order chi connectivity index (χ0) is 20.0. The maximum atomic E-state index is 14.0. The third-order valence-electron chi connectivity index (χ3n) is 5.03. The molecule has 0 aliphatic carbocycles. The van der Waals surface area contributed by atoms with E-state index in [9.17, 15) is 9.18 Å². The van der Waals surface area contributed by atoms with Crippen LogP contribution in [-0.4, -0.2) is 35.8 Å². The van der Waals surface area contributed by atoms with Crippen LogP contribution in [0.25, 0.3) is 39.0 Å². The largest absolute Gasteiger partial charge is 0.348 e. The Morgan fingerprint density at radius 1 is 1.21 bits per heavy atom. The quantitative estimate of drug-likeness (QED) is 0.428. The molecule has 4 N–H and O–H groups in total.